The SMILES string of the molecule is CCS(=O)(=O)CCn1nc(C(C)(C)C)c([N+](=O)[O-])c1N. The molecular formula is C11H20N4O4S. The van der Waals surface area contributed by atoms with Crippen molar-refractivity contribution in [2.75, 3.05) is 17.2 Å². The Labute approximate surface area is 118 Å². The van der Waals surface area contributed by atoms with Crippen LogP contribution in [0.2, 0.25) is 0 Å². The Hall–Kier alpha value is -1.64. The molecule has 114 valence electrons. The van der Waals surface area contributed by atoms with Crippen molar-refractivity contribution in [3.63, 3.8) is 0 Å². The van der Waals surface area contributed by atoms with E-state index >= 15 is 0 Å². The van der Waals surface area contributed by atoms with E-state index in [1.807, 2.05) is 0 Å². The molecule has 20 heavy (non-hydrogen) atoms. The van der Waals surface area contributed by atoms with Gasteiger partial charge in [-0.1, -0.05) is 27.7 Å². The lowest BCUT2D eigenvalue weighted by Crippen LogP contribution is -2.18. The third-order valence-electron chi connectivity index (χ3n) is 2.91. The van der Waals surface area contributed by atoms with E-state index in [0.29, 0.717) is 0 Å². The number of nitrogens with zero attached hydrogens (tertiary/aromatic N) is 3. The maximum Gasteiger partial charge on any atom is 0.334 e. The molecule has 0 fully saturated rings. The van der Waals surface area contributed by atoms with Crippen molar-refractivity contribution in [2.45, 2.75) is 39.7 Å². The van der Waals surface area contributed by atoms with Gasteiger partial charge in [0.05, 0.1) is 17.2 Å². The molecule has 0 aliphatic heterocycles. The van der Waals surface area contributed by atoms with E-state index in [-0.39, 0.29) is 35.2 Å². The van der Waals surface area contributed by atoms with Crippen molar-refractivity contribution in [3.05, 3.63) is 15.8 Å². The number of anilines is 1. The fourth-order valence-electron chi connectivity index (χ4n) is 1.69. The van der Waals surface area contributed by atoms with Gasteiger partial charge in [0.15, 0.2) is 9.84 Å². The average Bonchev–Trinajstić information content (AvgIpc) is 2.64. The van der Waals surface area contributed by atoms with Gasteiger partial charge in [-0.3, -0.25) is 10.1 Å². The van der Waals surface area contributed by atoms with Crippen LogP contribution in [0.1, 0.15) is 33.4 Å². The highest BCUT2D eigenvalue weighted by Crippen LogP contribution is 2.34. The van der Waals surface area contributed by atoms with Crippen LogP contribution >= 0.6 is 0 Å². The van der Waals surface area contributed by atoms with Crippen molar-refractivity contribution in [3.8, 4) is 0 Å². The highest BCUT2D eigenvalue weighted by atomic mass is 32.2. The molecule has 0 radical (unpaired) electrons. The number of hydrogen-bond acceptors (Lipinski definition) is 6. The first kappa shape index (κ1) is 16.4. The van der Waals surface area contributed by atoms with Gasteiger partial charge >= 0.3 is 5.69 Å². The topological polar surface area (TPSA) is 121 Å². The third kappa shape index (κ3) is 3.47. The summed E-state index contributed by atoms with van der Waals surface area (Å²) >= 11 is 0. The van der Waals surface area contributed by atoms with E-state index < -0.39 is 20.2 Å². The Morgan fingerprint density at radius 1 is 1.40 bits per heavy atom. The number of aryl methyl sites for hydroxylation is 1. The van der Waals surface area contributed by atoms with Crippen LogP contribution in [0.3, 0.4) is 0 Å². The molecule has 0 saturated heterocycles. The molecule has 0 aliphatic carbocycles. The molecule has 1 aromatic heterocycles. The number of nitrogen functional groups attached to an aromatic ring is 1. The first-order chi connectivity index (χ1) is 8.99. The van der Waals surface area contributed by atoms with Crippen LogP contribution in [0.25, 0.3) is 0 Å². The maximum atomic E-state index is 11.5. The first-order valence-corrected chi connectivity index (χ1v) is 8.03. The van der Waals surface area contributed by atoms with E-state index in [1.54, 1.807) is 27.7 Å². The van der Waals surface area contributed by atoms with Crippen molar-refractivity contribution in [2.24, 2.45) is 0 Å². The Balaban J connectivity index is 3.21. The minimum Gasteiger partial charge on any atom is -0.378 e. The van der Waals surface area contributed by atoms with Gasteiger partial charge in [0, 0.05) is 11.2 Å². The summed E-state index contributed by atoms with van der Waals surface area (Å²) in [5.74, 6) is -0.232. The van der Waals surface area contributed by atoms with Gasteiger partial charge in [-0.25, -0.2) is 13.1 Å². The van der Waals surface area contributed by atoms with Crippen LogP contribution < -0.4 is 5.73 Å². The van der Waals surface area contributed by atoms with Gasteiger partial charge in [0.2, 0.25) is 5.82 Å². The fourth-order valence-corrected chi connectivity index (χ4v) is 2.43. The van der Waals surface area contributed by atoms with Crippen LogP contribution in [0.4, 0.5) is 11.5 Å². The Morgan fingerprint density at radius 3 is 2.30 bits per heavy atom. The summed E-state index contributed by atoms with van der Waals surface area (Å²) in [4.78, 5) is 10.5. The van der Waals surface area contributed by atoms with Gasteiger partial charge in [-0.15, -0.1) is 0 Å². The molecule has 8 nitrogen and oxygen atoms in total. The molecule has 0 atom stereocenters. The van der Waals surface area contributed by atoms with Crippen LogP contribution in [0.5, 0.6) is 0 Å². The number of rotatable bonds is 5. The summed E-state index contributed by atoms with van der Waals surface area (Å²) in [5, 5.41) is 15.2. The molecule has 1 rings (SSSR count). The van der Waals surface area contributed by atoms with Crippen molar-refractivity contribution >= 4 is 21.3 Å². The van der Waals surface area contributed by atoms with Crippen LogP contribution in [0, 0.1) is 10.1 Å². The predicted octanol–water partition coefficient (Wildman–Crippen LogP) is 1.11. The fraction of sp³-hybridized carbons (Fsp3) is 0.727. The number of sulfone groups is 1. The Morgan fingerprint density at radius 2 is 1.95 bits per heavy atom. The summed E-state index contributed by atoms with van der Waals surface area (Å²) in [5.41, 5.74) is 5.20. The van der Waals surface area contributed by atoms with E-state index in [0.717, 1.165) is 0 Å². The van der Waals surface area contributed by atoms with Gasteiger partial charge in [-0.2, -0.15) is 5.10 Å². The monoisotopic (exact) mass is 304 g/mol. The summed E-state index contributed by atoms with van der Waals surface area (Å²) in [6.07, 6.45) is 0. The molecule has 0 amide bonds. The molecule has 1 aromatic rings. The quantitative estimate of drug-likeness (QED) is 0.642. The first-order valence-electron chi connectivity index (χ1n) is 6.21. The normalized spacial score (nSPS) is 12.6. The lowest BCUT2D eigenvalue weighted by atomic mass is 9.91. The molecule has 0 spiro atoms. The van der Waals surface area contributed by atoms with E-state index in [4.69, 9.17) is 5.73 Å². The molecular weight excluding hydrogens is 284 g/mol. The van der Waals surface area contributed by atoms with E-state index in [2.05, 4.69) is 5.10 Å². The summed E-state index contributed by atoms with van der Waals surface area (Å²) in [7, 11) is -3.18. The van der Waals surface area contributed by atoms with Gasteiger partial charge < -0.3 is 5.73 Å². The van der Waals surface area contributed by atoms with Crippen LogP contribution in [-0.2, 0) is 21.8 Å². The Bertz CT molecular complexity index is 613. The minimum atomic E-state index is -3.18. The highest BCUT2D eigenvalue weighted by molar-refractivity contribution is 7.91. The molecule has 0 saturated carbocycles. The second-order valence-electron chi connectivity index (χ2n) is 5.55. The second kappa shape index (κ2) is 5.39. The van der Waals surface area contributed by atoms with Crippen molar-refractivity contribution in [1.82, 2.24) is 9.78 Å². The molecule has 9 heteroatoms. The summed E-state index contributed by atoms with van der Waals surface area (Å²) < 4.78 is 24.2. The molecule has 1 heterocycles. The van der Waals surface area contributed by atoms with Crippen molar-refractivity contribution in [1.29, 1.82) is 0 Å². The van der Waals surface area contributed by atoms with Gasteiger partial charge in [0.1, 0.15) is 5.69 Å². The Kier molecular flexibility index (Phi) is 4.42. The zero-order valence-electron chi connectivity index (χ0n) is 12.1. The lowest BCUT2D eigenvalue weighted by molar-refractivity contribution is -0.385. The standard InChI is InChI=1S/C11H20N4O4S/c1-5-20(18,19)7-6-14-10(12)8(15(16)17)9(13-14)11(2,3)4/h5-7,12H2,1-4H3. The van der Waals surface area contributed by atoms with E-state index in [1.165, 1.54) is 4.68 Å². The minimum absolute atomic E-state index is 0.0128. The van der Waals surface area contributed by atoms with Gasteiger partial charge in [-0.05, 0) is 0 Å². The third-order valence-corrected chi connectivity index (χ3v) is 4.60. The molecule has 0 bridgehead atoms. The zero-order valence-corrected chi connectivity index (χ0v) is 12.9. The van der Waals surface area contributed by atoms with Crippen LogP contribution in [0.15, 0.2) is 0 Å². The number of nitrogens with two attached hydrogens (primary N) is 1. The average molecular weight is 304 g/mol. The number of aromatic nitrogens is 2. The zero-order chi connectivity index (χ0) is 15.7. The largest absolute Gasteiger partial charge is 0.378 e. The molecule has 0 aliphatic rings. The second-order valence-corrected chi connectivity index (χ2v) is 8.02. The van der Waals surface area contributed by atoms with Crippen LogP contribution in [-0.4, -0.2) is 34.6 Å². The predicted molar refractivity (Wildman–Crippen MR) is 76.3 cm³/mol. The summed E-state index contributed by atoms with van der Waals surface area (Å²) in [6.45, 7) is 6.92. The smallest absolute Gasteiger partial charge is 0.334 e. The maximum absolute atomic E-state index is 11.5. The lowest BCUT2D eigenvalue weighted by Gasteiger charge is -2.13. The molecule has 0 unspecified atom stereocenters. The molecule has 2 N–H and O–H groups in total. The molecule has 0 aromatic carbocycles. The number of nitro groups is 1. The van der Waals surface area contributed by atoms with Gasteiger partial charge in [0.25, 0.3) is 0 Å². The highest BCUT2D eigenvalue weighted by Gasteiger charge is 2.33. The van der Waals surface area contributed by atoms with Crippen molar-refractivity contribution < 1.29 is 13.3 Å². The summed E-state index contributed by atoms with van der Waals surface area (Å²) in [6, 6.07) is 0. The number of hydrogen-bond donors (Lipinski definition) is 1. The van der Waals surface area contributed by atoms with E-state index in [9.17, 15) is 18.5 Å².